The van der Waals surface area contributed by atoms with E-state index in [9.17, 15) is 34.8 Å². The van der Waals surface area contributed by atoms with Gasteiger partial charge in [-0.1, -0.05) is 0 Å². The van der Waals surface area contributed by atoms with Crippen molar-refractivity contribution in [1.29, 1.82) is 0 Å². The van der Waals surface area contributed by atoms with Crippen LogP contribution in [0.25, 0.3) is 0 Å². The molecule has 0 bridgehead atoms. The van der Waals surface area contributed by atoms with Crippen LogP contribution in [-0.2, 0) is 30.3 Å². The lowest BCUT2D eigenvalue weighted by Crippen LogP contribution is -2.33. The van der Waals surface area contributed by atoms with Gasteiger partial charge in [0, 0.05) is 36.9 Å². The van der Waals surface area contributed by atoms with Gasteiger partial charge in [0.05, 0.1) is 36.5 Å². The number of nitrogens with one attached hydrogen (secondary N) is 1. The predicted molar refractivity (Wildman–Crippen MR) is 131 cm³/mol. The number of H-pyrrole nitrogens is 1. The number of aliphatic hydroxyl groups is 2. The molecule has 2 aliphatic rings. The van der Waals surface area contributed by atoms with Crippen LogP contribution in [0.5, 0.6) is 0 Å². The lowest BCUT2D eigenvalue weighted by atomic mass is 10.2. The molecule has 4 rings (SSSR count). The van der Waals surface area contributed by atoms with Crippen molar-refractivity contribution in [2.45, 2.75) is 56.6 Å². The minimum Gasteiger partial charge on any atom is -0.394 e. The molecule has 0 aromatic carbocycles. The average molecular weight is 567 g/mol. The first-order chi connectivity index (χ1) is 17.0. The van der Waals surface area contributed by atoms with Crippen molar-refractivity contribution >= 4 is 24.2 Å². The maximum atomic E-state index is 12.1. The number of aromatic nitrogens is 3. The molecule has 18 heteroatoms. The molecule has 37 heavy (non-hydrogen) atoms. The second-order valence-corrected chi connectivity index (χ2v) is 11.2. The molecule has 3 unspecified atom stereocenters. The van der Waals surface area contributed by atoms with Crippen molar-refractivity contribution in [3.63, 3.8) is 0 Å². The second-order valence-electron chi connectivity index (χ2n) is 8.44. The van der Waals surface area contributed by atoms with Gasteiger partial charge < -0.3 is 44.3 Å². The molecular formula is C19H29N5O11PS+. The Morgan fingerprint density at radius 1 is 1.27 bits per heavy atom. The normalized spacial score (nSPS) is 29.1. The van der Waals surface area contributed by atoms with Crippen LogP contribution in [0.2, 0.25) is 0 Å². The molecule has 7 atom stereocenters. The Morgan fingerprint density at radius 2 is 1.97 bits per heavy atom. The minimum atomic E-state index is -3.90. The number of aliphatic hydroxyl groups excluding tert-OH is 2. The van der Waals surface area contributed by atoms with Crippen LogP contribution in [0.1, 0.15) is 30.9 Å². The molecule has 2 aromatic rings. The molecule has 0 spiro atoms. The van der Waals surface area contributed by atoms with Gasteiger partial charge in [0.2, 0.25) is 0 Å². The summed E-state index contributed by atoms with van der Waals surface area (Å²) in [6.45, 7) is -3.19. The molecule has 16 nitrogen and oxygen atoms in total. The van der Waals surface area contributed by atoms with Gasteiger partial charge in [0.1, 0.15) is 24.7 Å². The van der Waals surface area contributed by atoms with Gasteiger partial charge in [-0.15, -0.1) is 0 Å². The third kappa shape index (κ3) is 6.58. The zero-order valence-electron chi connectivity index (χ0n) is 19.9. The third-order valence-electron chi connectivity index (χ3n) is 5.93. The molecule has 0 amide bonds. The molecule has 206 valence electrons. The van der Waals surface area contributed by atoms with Crippen molar-refractivity contribution in [1.82, 2.24) is 20.3 Å². The summed E-state index contributed by atoms with van der Waals surface area (Å²) in [5, 5.41) is 30.9. The number of ether oxygens (including phenoxy) is 2. The topological polar surface area (TPSA) is 237 Å². The summed E-state index contributed by atoms with van der Waals surface area (Å²) in [6, 6.07) is 1.30. The van der Waals surface area contributed by atoms with E-state index in [1.807, 2.05) is 0 Å². The van der Waals surface area contributed by atoms with E-state index >= 15 is 0 Å². The molecule has 0 saturated carbocycles. The van der Waals surface area contributed by atoms with E-state index in [1.54, 1.807) is 0 Å². The van der Waals surface area contributed by atoms with Gasteiger partial charge in [0.25, 0.3) is 11.2 Å². The monoisotopic (exact) mass is 566 g/mol. The average Bonchev–Trinajstić information content (AvgIpc) is 3.53. The number of aryl methyl sites for hydroxylation is 1. The van der Waals surface area contributed by atoms with E-state index in [0.29, 0.717) is 0 Å². The Kier molecular flexibility index (Phi) is 9.18. The van der Waals surface area contributed by atoms with Crippen molar-refractivity contribution in [3.8, 4) is 0 Å². The Bertz CT molecular complexity index is 1280. The van der Waals surface area contributed by atoms with Crippen LogP contribution >= 0.6 is 6.72 Å². The fraction of sp³-hybridized carbons (Fsp3) is 0.579. The Hall–Kier alpha value is -2.31. The van der Waals surface area contributed by atoms with Crippen LogP contribution in [-0.4, -0.2) is 71.8 Å². The summed E-state index contributed by atoms with van der Waals surface area (Å²) in [4.78, 5) is 46.8. The quantitative estimate of drug-likeness (QED) is 0.155. The maximum Gasteiger partial charge on any atom is 0.330 e. The van der Waals surface area contributed by atoms with Gasteiger partial charge in [0.15, 0.2) is 0 Å². The lowest BCUT2D eigenvalue weighted by Gasteiger charge is -2.24. The fourth-order valence-electron chi connectivity index (χ4n) is 4.05. The Morgan fingerprint density at radius 3 is 2.62 bits per heavy atom. The second kappa shape index (κ2) is 11.6. The van der Waals surface area contributed by atoms with E-state index in [4.69, 9.17) is 30.3 Å². The smallest absolute Gasteiger partial charge is 0.330 e. The summed E-state index contributed by atoms with van der Waals surface area (Å²) in [5.74, 6) is 0. The number of hydrogen-bond donors (Lipinski definition) is 5. The molecule has 2 saturated heterocycles. The molecule has 0 radical (unpaired) electrons. The standard InChI is InChI=1S/C19H25N4O11PS.H3N/c1-10-6-22(19(27)20-18(10)26)17-4-12(25)15(33-17)9-31-35(30,36)34-13-5-16(32-14(13)8-24)21-3-2-11(7-21)23(28)29;/h2-3,6-7,12-17,24-25H,4-5,8-9H2,1H3,(H,30,36)(H,20,26,27);1H3/p+1/t12?,13?,14-,15-,16-,17-,35?;/m1./s1. The highest BCUT2D eigenvalue weighted by Crippen LogP contribution is 2.49. The van der Waals surface area contributed by atoms with Gasteiger partial charge in [-0.3, -0.25) is 24.5 Å². The van der Waals surface area contributed by atoms with Gasteiger partial charge in [-0.05, 0) is 18.7 Å². The Balaban J connectivity index is 0.00000380. The van der Waals surface area contributed by atoms with E-state index in [2.05, 4.69) is 4.98 Å². The molecule has 4 heterocycles. The number of nitrogens with zero attached hydrogens (tertiary/aromatic N) is 3. The molecule has 2 aliphatic heterocycles. The molecular weight excluding hydrogens is 537 g/mol. The van der Waals surface area contributed by atoms with E-state index in [1.165, 1.54) is 36.1 Å². The zero-order chi connectivity index (χ0) is 26.2. The van der Waals surface area contributed by atoms with Crippen LogP contribution in [0, 0.1) is 17.0 Å². The van der Waals surface area contributed by atoms with E-state index in [0.717, 1.165) is 4.57 Å². The number of hydrogen-bond acceptors (Lipinski definition) is 11. The first kappa shape index (κ1) is 29.2. The number of nitro groups is 1. The summed E-state index contributed by atoms with van der Waals surface area (Å²) >= 11 is 5.08. The Labute approximate surface area is 214 Å². The van der Waals surface area contributed by atoms with Crippen LogP contribution in [0.15, 0.2) is 34.2 Å². The fourth-order valence-corrected chi connectivity index (χ4v) is 5.53. The molecule has 0 aliphatic carbocycles. The summed E-state index contributed by atoms with van der Waals surface area (Å²) in [7, 11) is 0. The number of rotatable bonds is 9. The van der Waals surface area contributed by atoms with E-state index in [-0.39, 0.29) is 36.8 Å². The third-order valence-corrected chi connectivity index (χ3v) is 7.52. The highest BCUT2D eigenvalue weighted by molar-refractivity contribution is 8.07. The van der Waals surface area contributed by atoms with Gasteiger partial charge in [-0.25, -0.2) is 4.79 Å². The van der Waals surface area contributed by atoms with Crippen molar-refractivity contribution in [3.05, 3.63) is 61.2 Å². The largest absolute Gasteiger partial charge is 0.394 e. The number of quaternary nitrogens is 1. The van der Waals surface area contributed by atoms with Crippen molar-refractivity contribution < 1.29 is 38.6 Å². The predicted octanol–water partition coefficient (Wildman–Crippen LogP) is 0.178. The highest BCUT2D eigenvalue weighted by Gasteiger charge is 2.41. The van der Waals surface area contributed by atoms with E-state index < -0.39 is 66.4 Å². The van der Waals surface area contributed by atoms with Gasteiger partial charge >= 0.3 is 12.4 Å². The maximum absolute atomic E-state index is 12.1. The molecule has 2 fully saturated rings. The first-order valence-electron chi connectivity index (χ1n) is 10.9. The molecule has 2 aromatic heterocycles. The molecule has 8 N–H and O–H groups in total. The zero-order valence-corrected chi connectivity index (χ0v) is 21.6. The van der Waals surface area contributed by atoms with Crippen LogP contribution in [0.4, 0.5) is 5.69 Å². The van der Waals surface area contributed by atoms with Crippen LogP contribution in [0.3, 0.4) is 0 Å². The van der Waals surface area contributed by atoms with Gasteiger partial charge in [-0.2, -0.15) is 0 Å². The first-order valence-corrected chi connectivity index (χ1v) is 13.5. The summed E-state index contributed by atoms with van der Waals surface area (Å²) in [6.07, 6.45) is -1.12. The summed E-state index contributed by atoms with van der Waals surface area (Å²) in [5.41, 5.74) is -1.07. The van der Waals surface area contributed by atoms with Crippen molar-refractivity contribution in [2.24, 2.45) is 0 Å². The lowest BCUT2D eigenvalue weighted by molar-refractivity contribution is -0.384. The summed E-state index contributed by atoms with van der Waals surface area (Å²) < 4.78 is 24.9. The SMILES string of the molecule is Cc1cn([C@H]2CC(O)[C@@H](COP(O)(=S)OC3C[C@H](n4ccc([N+](=O)[O-])c4)O[C@@H]3CO)O2)c(=O)[nH]c1=O.[NH4+]. The highest BCUT2D eigenvalue weighted by atomic mass is 32.5. The minimum absolute atomic E-state index is 0. The van der Waals surface area contributed by atoms with Crippen LogP contribution < -0.4 is 17.4 Å². The van der Waals surface area contributed by atoms with Crippen molar-refractivity contribution in [2.75, 3.05) is 13.2 Å². The number of aromatic amines is 1.